The van der Waals surface area contributed by atoms with Gasteiger partial charge in [0.1, 0.15) is 17.8 Å². The van der Waals surface area contributed by atoms with Crippen LogP contribution in [-0.4, -0.2) is 45.3 Å². The van der Waals surface area contributed by atoms with Crippen LogP contribution in [0.25, 0.3) is 0 Å². The Balaban J connectivity index is 1.59. The van der Waals surface area contributed by atoms with Gasteiger partial charge < -0.3 is 5.32 Å². The summed E-state index contributed by atoms with van der Waals surface area (Å²) in [4.78, 5) is 32.2. The van der Waals surface area contributed by atoms with Gasteiger partial charge in [-0.2, -0.15) is 0 Å². The van der Waals surface area contributed by atoms with Crippen molar-refractivity contribution in [1.29, 1.82) is 0 Å². The van der Waals surface area contributed by atoms with Crippen LogP contribution in [0.5, 0.6) is 0 Å². The van der Waals surface area contributed by atoms with Crippen LogP contribution in [-0.2, 0) is 9.59 Å². The normalized spacial score (nSPS) is 19.4. The number of hydrogen-bond donors (Lipinski definition) is 2. The molecule has 0 spiro atoms. The van der Waals surface area contributed by atoms with Crippen molar-refractivity contribution in [1.82, 2.24) is 15.5 Å². The Morgan fingerprint density at radius 1 is 1.12 bits per heavy atom. The van der Waals surface area contributed by atoms with Crippen molar-refractivity contribution < 1.29 is 28.0 Å². The Morgan fingerprint density at radius 2 is 1.88 bits per heavy atom. The lowest BCUT2D eigenvalue weighted by Crippen LogP contribution is -2.59. The summed E-state index contributed by atoms with van der Waals surface area (Å²) in [6, 6.07) is 12.3. The van der Waals surface area contributed by atoms with E-state index in [9.17, 15) is 28.0 Å². The minimum absolute atomic E-state index is 0.0448. The Labute approximate surface area is 237 Å². The van der Waals surface area contributed by atoms with Crippen molar-refractivity contribution in [2.24, 2.45) is 0 Å². The molecule has 2 heterocycles. The van der Waals surface area contributed by atoms with E-state index in [4.69, 9.17) is 23.2 Å². The minimum atomic E-state index is -2.89. The maximum atomic E-state index is 14.5. The number of hydrogen-bond acceptors (Lipinski definition) is 6. The molecule has 1 saturated heterocycles. The third kappa shape index (κ3) is 5.73. The molecule has 210 valence electrons. The smallest absolute Gasteiger partial charge is 0.252 e. The fourth-order valence-corrected chi connectivity index (χ4v) is 5.30. The molecule has 1 aromatic heterocycles. The molecule has 0 bridgehead atoms. The average Bonchev–Trinajstić information content (AvgIpc) is 3.28. The number of amides is 2. The molecule has 1 saturated carbocycles. The number of rotatable bonds is 8. The number of hydroxylamine groups is 1. The van der Waals surface area contributed by atoms with Crippen molar-refractivity contribution in [3.63, 3.8) is 0 Å². The molecule has 5 rings (SSSR count). The van der Waals surface area contributed by atoms with Crippen LogP contribution in [0.4, 0.5) is 24.7 Å². The lowest BCUT2D eigenvalue weighted by Gasteiger charge is -2.43. The fourth-order valence-electron chi connectivity index (χ4n) is 4.95. The lowest BCUT2D eigenvalue weighted by atomic mass is 9.88. The quantitative estimate of drug-likeness (QED) is 0.323. The van der Waals surface area contributed by atoms with Gasteiger partial charge >= 0.3 is 0 Å². The second-order valence-electron chi connectivity index (χ2n) is 9.66. The van der Waals surface area contributed by atoms with Crippen molar-refractivity contribution in [3.05, 3.63) is 88.3 Å². The van der Waals surface area contributed by atoms with E-state index in [1.165, 1.54) is 47.5 Å². The second-order valence-corrected chi connectivity index (χ2v) is 10.5. The summed E-state index contributed by atoms with van der Waals surface area (Å²) in [7, 11) is 0. The molecule has 8 nitrogen and oxygen atoms in total. The second kappa shape index (κ2) is 11.2. The van der Waals surface area contributed by atoms with Crippen molar-refractivity contribution >= 4 is 46.5 Å². The molecule has 40 heavy (non-hydrogen) atoms. The first-order valence-electron chi connectivity index (χ1n) is 12.4. The van der Waals surface area contributed by atoms with Gasteiger partial charge in [-0.3, -0.25) is 24.7 Å². The van der Waals surface area contributed by atoms with Crippen LogP contribution in [0.15, 0.2) is 66.9 Å². The number of benzene rings is 2. The van der Waals surface area contributed by atoms with E-state index in [0.717, 1.165) is 11.1 Å². The topological polar surface area (TPSA) is 89.0 Å². The summed E-state index contributed by atoms with van der Waals surface area (Å²) in [6.45, 7) is 0. The number of anilines is 2. The zero-order chi connectivity index (χ0) is 28.6. The molecular weight excluding hydrogens is 570 g/mol. The van der Waals surface area contributed by atoms with Crippen LogP contribution in [0, 0.1) is 5.82 Å². The highest BCUT2D eigenvalue weighted by Gasteiger charge is 2.48. The zero-order valence-corrected chi connectivity index (χ0v) is 22.4. The number of nitrogens with zero attached hydrogens (tertiary/aromatic N) is 4. The first-order valence-corrected chi connectivity index (χ1v) is 13.2. The van der Waals surface area contributed by atoms with E-state index in [0.29, 0.717) is 10.2 Å². The Hall–Kier alpha value is -3.38. The predicted molar refractivity (Wildman–Crippen MR) is 143 cm³/mol. The van der Waals surface area contributed by atoms with Crippen molar-refractivity contribution in [2.45, 2.75) is 49.9 Å². The molecule has 2 fully saturated rings. The van der Waals surface area contributed by atoms with Gasteiger partial charge in [0.05, 0.1) is 10.7 Å². The van der Waals surface area contributed by atoms with E-state index >= 15 is 0 Å². The highest BCUT2D eigenvalue weighted by molar-refractivity contribution is 6.31. The maximum Gasteiger partial charge on any atom is 0.252 e. The predicted octanol–water partition coefficient (Wildman–Crippen LogP) is 5.75. The van der Waals surface area contributed by atoms with Gasteiger partial charge in [0.25, 0.3) is 5.92 Å². The van der Waals surface area contributed by atoms with Crippen LogP contribution in [0.2, 0.25) is 10.0 Å². The standard InChI is InChI=1S/C27H24Cl2F3N5O3/c28-16-8-9-22(33-15-16)35-23(10-11-24(35)38)37(40)36(19-5-3-4-17(30)12-19)25(20-6-1-2-7-21(20)29)26(39)34-18-13-27(31,32)14-18/h1-9,12,15,18,23,25,40H,10-11,13-14H2,(H,34,39)/t23-,25+/m1/s1. The lowest BCUT2D eigenvalue weighted by molar-refractivity contribution is -0.153. The number of carbonyl (C=O) groups excluding carboxylic acids is 2. The molecule has 2 atom stereocenters. The van der Waals surface area contributed by atoms with Crippen LogP contribution < -0.4 is 15.2 Å². The highest BCUT2D eigenvalue weighted by atomic mass is 35.5. The molecule has 0 unspecified atom stereocenters. The van der Waals surface area contributed by atoms with Crippen LogP contribution in [0.1, 0.15) is 37.3 Å². The van der Waals surface area contributed by atoms with Crippen LogP contribution in [0.3, 0.4) is 0 Å². The van der Waals surface area contributed by atoms with Gasteiger partial charge in [0, 0.05) is 42.1 Å². The van der Waals surface area contributed by atoms with Crippen molar-refractivity contribution in [3.8, 4) is 0 Å². The Kier molecular flexibility index (Phi) is 7.92. The minimum Gasteiger partial charge on any atom is -0.351 e. The molecule has 13 heteroatoms. The number of carbonyl (C=O) groups is 2. The van der Waals surface area contributed by atoms with E-state index in [-0.39, 0.29) is 40.8 Å². The summed E-state index contributed by atoms with van der Waals surface area (Å²) < 4.78 is 41.6. The molecule has 2 aliphatic rings. The third-order valence-electron chi connectivity index (χ3n) is 6.83. The summed E-state index contributed by atoms with van der Waals surface area (Å²) >= 11 is 12.5. The molecule has 3 aromatic rings. The van der Waals surface area contributed by atoms with Crippen LogP contribution >= 0.6 is 23.2 Å². The molecule has 2 amide bonds. The van der Waals surface area contributed by atoms with Gasteiger partial charge in [0.15, 0.2) is 6.04 Å². The van der Waals surface area contributed by atoms with Gasteiger partial charge in [-0.05, 0) is 42.8 Å². The molecule has 2 aromatic carbocycles. The first-order chi connectivity index (χ1) is 19.0. The fraction of sp³-hybridized carbons (Fsp3) is 0.296. The number of hydrazine groups is 1. The number of alkyl halides is 2. The van der Waals surface area contributed by atoms with Gasteiger partial charge in [-0.15, -0.1) is 0 Å². The number of nitrogens with one attached hydrogen (secondary N) is 1. The molecule has 1 aliphatic carbocycles. The number of aromatic nitrogens is 1. The van der Waals surface area contributed by atoms with E-state index < -0.39 is 48.7 Å². The Bertz CT molecular complexity index is 1410. The molecule has 1 aliphatic heterocycles. The molecule has 2 N–H and O–H groups in total. The number of pyridine rings is 1. The molecule has 0 radical (unpaired) electrons. The maximum absolute atomic E-state index is 14.5. The summed E-state index contributed by atoms with van der Waals surface area (Å²) in [5.41, 5.74) is 0.265. The average molecular weight is 594 g/mol. The third-order valence-corrected chi connectivity index (χ3v) is 7.40. The molecular formula is C27H24Cl2F3N5O3. The summed E-state index contributed by atoms with van der Waals surface area (Å²) in [5.74, 6) is -4.46. The SMILES string of the molecule is O=C(NC1CC(F)(F)C1)[C@H](c1ccccc1Cl)N(c1cccc(F)c1)N(O)[C@@H]1CCC(=O)N1c1ccc(Cl)cn1. The summed E-state index contributed by atoms with van der Waals surface area (Å²) in [6.07, 6.45) is -0.635. The largest absolute Gasteiger partial charge is 0.351 e. The van der Waals surface area contributed by atoms with Gasteiger partial charge in [0.2, 0.25) is 11.8 Å². The van der Waals surface area contributed by atoms with Gasteiger partial charge in [-0.1, -0.05) is 52.6 Å². The van der Waals surface area contributed by atoms with E-state index in [2.05, 4.69) is 10.3 Å². The monoisotopic (exact) mass is 593 g/mol. The zero-order valence-electron chi connectivity index (χ0n) is 20.9. The number of halogens is 5. The van der Waals surface area contributed by atoms with Gasteiger partial charge in [-0.25, -0.2) is 18.2 Å². The Morgan fingerprint density at radius 3 is 2.52 bits per heavy atom. The highest BCUT2D eigenvalue weighted by Crippen LogP contribution is 2.40. The summed E-state index contributed by atoms with van der Waals surface area (Å²) in [5, 5.41) is 16.6. The van der Waals surface area contributed by atoms with E-state index in [1.807, 2.05) is 0 Å². The van der Waals surface area contributed by atoms with E-state index in [1.54, 1.807) is 18.2 Å². The first kappa shape index (κ1) is 28.2. The van der Waals surface area contributed by atoms with Crippen molar-refractivity contribution in [2.75, 3.05) is 9.91 Å².